The van der Waals surface area contributed by atoms with Gasteiger partial charge in [0.05, 0.1) is 5.56 Å². The van der Waals surface area contributed by atoms with Crippen LogP contribution in [0, 0.1) is 5.92 Å². The van der Waals surface area contributed by atoms with Crippen LogP contribution in [0.5, 0.6) is 0 Å². The first-order valence-corrected chi connectivity index (χ1v) is 7.27. The number of rotatable bonds is 7. The van der Waals surface area contributed by atoms with Gasteiger partial charge in [0.2, 0.25) is 0 Å². The van der Waals surface area contributed by atoms with Gasteiger partial charge in [-0.2, -0.15) is 13.2 Å². The minimum atomic E-state index is -4.29. The van der Waals surface area contributed by atoms with Gasteiger partial charge in [0.15, 0.2) is 0 Å². The maximum absolute atomic E-state index is 12.8. The molecule has 0 spiro atoms. The maximum atomic E-state index is 12.8. The first kappa shape index (κ1) is 18.0. The number of nitrogens with zero attached hydrogens (tertiary/aromatic N) is 1. The average molecular weight is 302 g/mol. The van der Waals surface area contributed by atoms with E-state index in [2.05, 4.69) is 24.1 Å². The summed E-state index contributed by atoms with van der Waals surface area (Å²) in [6, 6.07) is 5.45. The molecule has 0 bridgehead atoms. The van der Waals surface area contributed by atoms with Gasteiger partial charge in [-0.3, -0.25) is 0 Å². The quantitative estimate of drug-likeness (QED) is 0.820. The molecule has 5 heteroatoms. The Hall–Kier alpha value is -1.07. The van der Waals surface area contributed by atoms with Crippen LogP contribution in [0.1, 0.15) is 37.4 Å². The molecule has 0 heterocycles. The summed E-state index contributed by atoms with van der Waals surface area (Å²) in [4.78, 5) is 2.15. The minimum absolute atomic E-state index is 0.107. The Bertz CT molecular complexity index is 430. The zero-order valence-corrected chi connectivity index (χ0v) is 13.2. The zero-order chi connectivity index (χ0) is 16.0. The molecular weight excluding hydrogens is 277 g/mol. The van der Waals surface area contributed by atoms with E-state index in [1.807, 2.05) is 7.05 Å². The second-order valence-corrected chi connectivity index (χ2v) is 5.91. The van der Waals surface area contributed by atoms with Gasteiger partial charge in [0, 0.05) is 12.6 Å². The molecule has 2 nitrogen and oxygen atoms in total. The van der Waals surface area contributed by atoms with E-state index in [-0.39, 0.29) is 6.04 Å². The van der Waals surface area contributed by atoms with Crippen molar-refractivity contribution in [2.24, 2.45) is 5.92 Å². The van der Waals surface area contributed by atoms with E-state index >= 15 is 0 Å². The van der Waals surface area contributed by atoms with Gasteiger partial charge < -0.3 is 10.2 Å². The SMILES string of the molecule is CNC(CN(C)CCC(C)C)c1cccc(C(F)(F)F)c1. The van der Waals surface area contributed by atoms with Crippen LogP contribution in [0.25, 0.3) is 0 Å². The van der Waals surface area contributed by atoms with Crippen molar-refractivity contribution < 1.29 is 13.2 Å². The molecule has 0 saturated carbocycles. The Morgan fingerprint density at radius 1 is 1.24 bits per heavy atom. The maximum Gasteiger partial charge on any atom is 0.416 e. The van der Waals surface area contributed by atoms with Crippen LogP contribution in [0.4, 0.5) is 13.2 Å². The van der Waals surface area contributed by atoms with E-state index in [1.165, 1.54) is 12.1 Å². The molecule has 1 atom stereocenters. The van der Waals surface area contributed by atoms with E-state index in [9.17, 15) is 13.2 Å². The molecular formula is C16H25F3N2. The summed E-state index contributed by atoms with van der Waals surface area (Å²) in [6.07, 6.45) is -3.21. The number of hydrogen-bond donors (Lipinski definition) is 1. The molecule has 0 fully saturated rings. The van der Waals surface area contributed by atoms with Crippen molar-refractivity contribution in [1.29, 1.82) is 0 Å². The highest BCUT2D eigenvalue weighted by Crippen LogP contribution is 2.30. The summed E-state index contributed by atoms with van der Waals surface area (Å²) in [5.41, 5.74) is 0.0776. The van der Waals surface area contributed by atoms with Crippen LogP contribution in [0.2, 0.25) is 0 Å². The fourth-order valence-electron chi connectivity index (χ4n) is 2.18. The second-order valence-electron chi connectivity index (χ2n) is 5.91. The monoisotopic (exact) mass is 302 g/mol. The Labute approximate surface area is 125 Å². The average Bonchev–Trinajstić information content (AvgIpc) is 2.41. The molecule has 0 saturated heterocycles. The zero-order valence-electron chi connectivity index (χ0n) is 13.2. The number of halogens is 3. The van der Waals surface area contributed by atoms with Crippen LogP contribution >= 0.6 is 0 Å². The number of alkyl halides is 3. The largest absolute Gasteiger partial charge is 0.416 e. The predicted molar refractivity (Wildman–Crippen MR) is 80.2 cm³/mol. The van der Waals surface area contributed by atoms with E-state index in [0.29, 0.717) is 18.0 Å². The van der Waals surface area contributed by atoms with Crippen molar-refractivity contribution >= 4 is 0 Å². The Kier molecular flexibility index (Phi) is 6.68. The number of benzene rings is 1. The van der Waals surface area contributed by atoms with Gasteiger partial charge in [0.1, 0.15) is 0 Å². The lowest BCUT2D eigenvalue weighted by atomic mass is 10.0. The second kappa shape index (κ2) is 7.80. The number of nitrogens with one attached hydrogen (secondary N) is 1. The van der Waals surface area contributed by atoms with Crippen LogP contribution < -0.4 is 5.32 Å². The fourth-order valence-corrected chi connectivity index (χ4v) is 2.18. The minimum Gasteiger partial charge on any atom is -0.312 e. The summed E-state index contributed by atoms with van der Waals surface area (Å²) in [7, 11) is 3.78. The molecule has 21 heavy (non-hydrogen) atoms. The standard InChI is InChI=1S/C16H25F3N2/c1-12(2)8-9-21(4)11-15(20-3)13-6-5-7-14(10-13)16(17,18)19/h5-7,10,12,15,20H,8-9,11H2,1-4H3. The molecule has 0 aliphatic heterocycles. The summed E-state index contributed by atoms with van der Waals surface area (Å²) >= 11 is 0. The molecule has 120 valence electrons. The van der Waals surface area contributed by atoms with E-state index in [1.54, 1.807) is 13.1 Å². The van der Waals surface area contributed by atoms with Gasteiger partial charge in [-0.1, -0.05) is 26.0 Å². The molecule has 1 rings (SSSR count). The summed E-state index contributed by atoms with van der Waals surface area (Å²) in [5.74, 6) is 0.619. The van der Waals surface area contributed by atoms with Crippen LogP contribution in [0.15, 0.2) is 24.3 Å². The predicted octanol–water partition coefficient (Wildman–Crippen LogP) is 3.94. The lowest BCUT2D eigenvalue weighted by molar-refractivity contribution is -0.137. The molecule has 1 N–H and O–H groups in total. The molecule has 1 aromatic rings. The third-order valence-electron chi connectivity index (χ3n) is 3.55. The van der Waals surface area contributed by atoms with Crippen molar-refractivity contribution in [2.75, 3.05) is 27.2 Å². The first-order chi connectivity index (χ1) is 9.74. The van der Waals surface area contributed by atoms with Crippen molar-refractivity contribution in [1.82, 2.24) is 10.2 Å². The highest BCUT2D eigenvalue weighted by molar-refractivity contribution is 5.28. The number of hydrogen-bond acceptors (Lipinski definition) is 2. The third kappa shape index (κ3) is 6.06. The summed E-state index contributed by atoms with van der Waals surface area (Å²) in [6.45, 7) is 5.95. The molecule has 0 radical (unpaired) electrons. The van der Waals surface area contributed by atoms with Gasteiger partial charge in [-0.05, 0) is 50.7 Å². The summed E-state index contributed by atoms with van der Waals surface area (Å²) < 4.78 is 38.3. The summed E-state index contributed by atoms with van der Waals surface area (Å²) in [5, 5.41) is 3.11. The molecule has 0 aliphatic rings. The van der Waals surface area contributed by atoms with Gasteiger partial charge >= 0.3 is 6.18 Å². The van der Waals surface area contributed by atoms with Crippen LogP contribution in [-0.2, 0) is 6.18 Å². The van der Waals surface area contributed by atoms with Crippen LogP contribution in [-0.4, -0.2) is 32.1 Å². The lowest BCUT2D eigenvalue weighted by Gasteiger charge is -2.25. The normalized spacial score (nSPS) is 14.0. The smallest absolute Gasteiger partial charge is 0.312 e. The number of likely N-dealkylation sites (N-methyl/N-ethyl adjacent to an activating group) is 2. The molecule has 0 amide bonds. The Balaban J connectivity index is 2.76. The third-order valence-corrected chi connectivity index (χ3v) is 3.55. The van der Waals surface area contributed by atoms with E-state index < -0.39 is 11.7 Å². The molecule has 0 aliphatic carbocycles. The fraction of sp³-hybridized carbons (Fsp3) is 0.625. The van der Waals surface area contributed by atoms with Crippen LogP contribution in [0.3, 0.4) is 0 Å². The van der Waals surface area contributed by atoms with Crippen molar-refractivity contribution in [3.05, 3.63) is 35.4 Å². The lowest BCUT2D eigenvalue weighted by Crippen LogP contribution is -2.32. The molecule has 0 aromatic heterocycles. The van der Waals surface area contributed by atoms with Crippen molar-refractivity contribution in [3.63, 3.8) is 0 Å². The van der Waals surface area contributed by atoms with Gasteiger partial charge in [-0.25, -0.2) is 0 Å². The Morgan fingerprint density at radius 3 is 2.43 bits per heavy atom. The van der Waals surface area contributed by atoms with Crippen molar-refractivity contribution in [2.45, 2.75) is 32.5 Å². The highest BCUT2D eigenvalue weighted by atomic mass is 19.4. The highest BCUT2D eigenvalue weighted by Gasteiger charge is 2.30. The molecule has 1 aromatic carbocycles. The first-order valence-electron chi connectivity index (χ1n) is 7.27. The van der Waals surface area contributed by atoms with E-state index in [0.717, 1.165) is 19.0 Å². The molecule has 1 unspecified atom stereocenters. The Morgan fingerprint density at radius 2 is 1.90 bits per heavy atom. The topological polar surface area (TPSA) is 15.3 Å². The van der Waals surface area contributed by atoms with Gasteiger partial charge in [0.25, 0.3) is 0 Å². The van der Waals surface area contributed by atoms with Crippen molar-refractivity contribution in [3.8, 4) is 0 Å². The van der Waals surface area contributed by atoms with E-state index in [4.69, 9.17) is 0 Å². The van der Waals surface area contributed by atoms with Gasteiger partial charge in [-0.15, -0.1) is 0 Å².